The fourth-order valence-corrected chi connectivity index (χ4v) is 5.48. The van der Waals surface area contributed by atoms with Crippen LogP contribution in [0.25, 0.3) is 0 Å². The summed E-state index contributed by atoms with van der Waals surface area (Å²) < 4.78 is 5.47. The lowest BCUT2D eigenvalue weighted by Gasteiger charge is -2.60. The highest BCUT2D eigenvalue weighted by Crippen LogP contribution is 2.54. The van der Waals surface area contributed by atoms with E-state index in [4.69, 9.17) is 9.84 Å². The number of carbonyl (C=O) groups excluding carboxylic acids is 1. The van der Waals surface area contributed by atoms with Gasteiger partial charge in [0.1, 0.15) is 11.5 Å². The molecule has 1 saturated heterocycles. The Labute approximate surface area is 187 Å². The smallest absolute Gasteiger partial charge is 0.134 e. The highest BCUT2D eigenvalue weighted by molar-refractivity contribution is 5.82. The molecule has 3 aliphatic rings. The first-order valence-corrected chi connectivity index (χ1v) is 11.9. The molecule has 0 bridgehead atoms. The molecule has 3 fully saturated rings. The maximum Gasteiger partial charge on any atom is 0.134 e. The number of rotatable bonds is 5. The predicted molar refractivity (Wildman–Crippen MR) is 124 cm³/mol. The molecule has 174 valence electrons. The van der Waals surface area contributed by atoms with Gasteiger partial charge < -0.3 is 14.9 Å². The number of aliphatic hydroxyl groups is 2. The third-order valence-corrected chi connectivity index (χ3v) is 7.69. The zero-order valence-corrected chi connectivity index (χ0v) is 20.0. The van der Waals surface area contributed by atoms with Gasteiger partial charge in [0.05, 0.1) is 12.7 Å². The lowest BCUT2D eigenvalue weighted by Crippen LogP contribution is -2.70. The number of hydrogen-bond donors (Lipinski definition) is 2. The van der Waals surface area contributed by atoms with Crippen LogP contribution in [0.4, 0.5) is 0 Å². The van der Waals surface area contributed by atoms with E-state index in [-0.39, 0.29) is 11.8 Å². The first-order chi connectivity index (χ1) is 14.7. The predicted octanol–water partition coefficient (Wildman–Crippen LogP) is 3.86. The number of likely N-dealkylation sites (tertiary alicyclic amines) is 1. The van der Waals surface area contributed by atoms with Crippen LogP contribution in [0.1, 0.15) is 70.4 Å². The molecule has 1 heterocycles. The van der Waals surface area contributed by atoms with Gasteiger partial charge in [-0.15, -0.1) is 0 Å². The molecule has 1 aromatic carbocycles. The van der Waals surface area contributed by atoms with Gasteiger partial charge in [0.25, 0.3) is 0 Å². The Morgan fingerprint density at radius 1 is 1.26 bits per heavy atom. The largest absolute Gasteiger partial charge is 0.497 e. The van der Waals surface area contributed by atoms with Crippen molar-refractivity contribution < 1.29 is 19.7 Å². The normalized spacial score (nSPS) is 31.1. The molecule has 0 radical (unpaired) electrons. The minimum Gasteiger partial charge on any atom is -0.497 e. The van der Waals surface area contributed by atoms with Crippen LogP contribution in [-0.4, -0.2) is 59.3 Å². The number of benzene rings is 1. The van der Waals surface area contributed by atoms with E-state index in [2.05, 4.69) is 30.9 Å². The summed E-state index contributed by atoms with van der Waals surface area (Å²) in [4.78, 5) is 15.0. The van der Waals surface area contributed by atoms with Crippen molar-refractivity contribution in [2.45, 2.75) is 83.3 Å². The van der Waals surface area contributed by atoms with E-state index in [1.165, 1.54) is 12.8 Å². The SMILES string of the molecule is CC(C)CO.COc1ccc(C)c(C23CCN(CC4CC4)C(C)C2(O)CCC(=O)C3)c1. The molecule has 2 saturated carbocycles. The van der Waals surface area contributed by atoms with E-state index >= 15 is 0 Å². The first-order valence-electron chi connectivity index (χ1n) is 11.9. The summed E-state index contributed by atoms with van der Waals surface area (Å²) >= 11 is 0. The molecule has 31 heavy (non-hydrogen) atoms. The summed E-state index contributed by atoms with van der Waals surface area (Å²) in [6, 6.07) is 6.15. The zero-order chi connectivity index (χ0) is 22.8. The van der Waals surface area contributed by atoms with Crippen molar-refractivity contribution >= 4 is 5.78 Å². The van der Waals surface area contributed by atoms with Crippen molar-refractivity contribution in [3.63, 3.8) is 0 Å². The monoisotopic (exact) mass is 431 g/mol. The topological polar surface area (TPSA) is 70.0 Å². The van der Waals surface area contributed by atoms with Gasteiger partial charge in [0.2, 0.25) is 0 Å². The Morgan fingerprint density at radius 3 is 2.52 bits per heavy atom. The van der Waals surface area contributed by atoms with Crippen molar-refractivity contribution in [3.05, 3.63) is 29.3 Å². The van der Waals surface area contributed by atoms with E-state index in [9.17, 15) is 9.90 Å². The number of nitrogens with zero attached hydrogens (tertiary/aromatic N) is 1. The average Bonchev–Trinajstić information content (AvgIpc) is 3.57. The van der Waals surface area contributed by atoms with E-state index in [0.29, 0.717) is 31.8 Å². The summed E-state index contributed by atoms with van der Waals surface area (Å²) in [5, 5.41) is 20.2. The number of ether oxygens (including phenoxy) is 1. The van der Waals surface area contributed by atoms with Crippen molar-refractivity contribution in [1.82, 2.24) is 4.90 Å². The van der Waals surface area contributed by atoms with Crippen LogP contribution in [0.3, 0.4) is 0 Å². The van der Waals surface area contributed by atoms with Gasteiger partial charge in [-0.25, -0.2) is 0 Å². The van der Waals surface area contributed by atoms with Crippen molar-refractivity contribution in [3.8, 4) is 5.75 Å². The van der Waals surface area contributed by atoms with Crippen LogP contribution < -0.4 is 4.74 Å². The van der Waals surface area contributed by atoms with Crippen molar-refractivity contribution in [2.24, 2.45) is 11.8 Å². The lowest BCUT2D eigenvalue weighted by atomic mass is 9.53. The number of methoxy groups -OCH3 is 1. The molecule has 3 atom stereocenters. The number of piperidine rings is 1. The van der Waals surface area contributed by atoms with Crippen LogP contribution in [0, 0.1) is 18.8 Å². The fraction of sp³-hybridized carbons (Fsp3) is 0.731. The Hall–Kier alpha value is -1.43. The Bertz CT molecular complexity index is 775. The van der Waals surface area contributed by atoms with Crippen LogP contribution >= 0.6 is 0 Å². The van der Waals surface area contributed by atoms with Gasteiger partial charge in [0, 0.05) is 37.5 Å². The third kappa shape index (κ3) is 4.84. The number of fused-ring (bicyclic) bond motifs is 1. The van der Waals surface area contributed by atoms with Gasteiger partial charge in [0.15, 0.2) is 0 Å². The molecule has 3 unspecified atom stereocenters. The standard InChI is InChI=1S/C22H31NO3.C4H10O/c1-15-4-7-19(26-3)12-20(15)21-10-11-23(14-17-5-6-17)16(2)22(21,25)9-8-18(24)13-21;1-4(2)3-5/h4,7,12,16-17,25H,5-6,8-11,13-14H2,1-3H3;4-5H,3H2,1-2H3. The van der Waals surface area contributed by atoms with Crippen LogP contribution in [0.5, 0.6) is 5.75 Å². The van der Waals surface area contributed by atoms with Gasteiger partial charge in [-0.1, -0.05) is 19.9 Å². The van der Waals surface area contributed by atoms with Crippen molar-refractivity contribution in [1.29, 1.82) is 0 Å². The molecule has 2 aliphatic carbocycles. The molecule has 1 aromatic rings. The molecular formula is C26H41NO4. The third-order valence-electron chi connectivity index (χ3n) is 7.69. The lowest BCUT2D eigenvalue weighted by molar-refractivity contribution is -0.164. The first kappa shape index (κ1) is 24.2. The molecule has 2 N–H and O–H groups in total. The summed E-state index contributed by atoms with van der Waals surface area (Å²) in [5.74, 6) is 2.32. The summed E-state index contributed by atoms with van der Waals surface area (Å²) in [6.45, 7) is 10.5. The molecular weight excluding hydrogens is 390 g/mol. The number of aliphatic hydroxyl groups excluding tert-OH is 1. The number of aryl methyl sites for hydroxylation is 1. The second-order valence-electron chi connectivity index (χ2n) is 10.3. The van der Waals surface area contributed by atoms with Crippen molar-refractivity contribution in [2.75, 3.05) is 26.8 Å². The Kier molecular flexibility index (Phi) is 7.50. The molecule has 5 nitrogen and oxygen atoms in total. The average molecular weight is 432 g/mol. The fourth-order valence-electron chi connectivity index (χ4n) is 5.48. The van der Waals surface area contributed by atoms with E-state index in [0.717, 1.165) is 42.3 Å². The molecule has 0 amide bonds. The van der Waals surface area contributed by atoms with Crippen LogP contribution in [-0.2, 0) is 10.2 Å². The number of carbonyl (C=O) groups is 1. The van der Waals surface area contributed by atoms with Gasteiger partial charge in [-0.3, -0.25) is 9.69 Å². The molecule has 5 heteroatoms. The number of Topliss-reactive ketones (excluding diaryl/α,β-unsaturated/α-hetero) is 1. The second kappa shape index (κ2) is 9.60. The highest BCUT2D eigenvalue weighted by Gasteiger charge is 2.61. The van der Waals surface area contributed by atoms with Crippen LogP contribution in [0.15, 0.2) is 18.2 Å². The maximum absolute atomic E-state index is 12.5. The number of hydrogen-bond acceptors (Lipinski definition) is 5. The summed E-state index contributed by atoms with van der Waals surface area (Å²) in [6.07, 6.45) is 4.97. The number of ketones is 1. The maximum atomic E-state index is 12.5. The van der Waals surface area contributed by atoms with Crippen LogP contribution in [0.2, 0.25) is 0 Å². The minimum absolute atomic E-state index is 0.0653. The van der Waals surface area contributed by atoms with E-state index < -0.39 is 11.0 Å². The summed E-state index contributed by atoms with van der Waals surface area (Å²) in [7, 11) is 1.67. The van der Waals surface area contributed by atoms with Gasteiger partial charge >= 0.3 is 0 Å². The summed E-state index contributed by atoms with van der Waals surface area (Å²) in [5.41, 5.74) is 0.873. The van der Waals surface area contributed by atoms with E-state index in [1.54, 1.807) is 7.11 Å². The zero-order valence-electron chi connectivity index (χ0n) is 20.0. The van der Waals surface area contributed by atoms with E-state index in [1.807, 2.05) is 19.9 Å². The highest BCUT2D eigenvalue weighted by atomic mass is 16.5. The van der Waals surface area contributed by atoms with Gasteiger partial charge in [-0.2, -0.15) is 0 Å². The minimum atomic E-state index is -0.870. The molecule has 1 aliphatic heterocycles. The molecule has 4 rings (SSSR count). The van der Waals surface area contributed by atoms with Gasteiger partial charge in [-0.05, 0) is 81.2 Å². The second-order valence-corrected chi connectivity index (χ2v) is 10.3. The molecule has 0 spiro atoms. The molecule has 0 aromatic heterocycles. The Morgan fingerprint density at radius 2 is 1.94 bits per heavy atom. The quantitative estimate of drug-likeness (QED) is 0.741. The Balaban J connectivity index is 0.000000491.